The Morgan fingerprint density at radius 3 is 2.61 bits per heavy atom. The molecule has 6 nitrogen and oxygen atoms in total. The molecule has 1 aliphatic rings. The molecule has 0 atom stereocenters. The van der Waals surface area contributed by atoms with Crippen molar-refractivity contribution in [3.05, 3.63) is 83.7 Å². The van der Waals surface area contributed by atoms with Gasteiger partial charge in [0.2, 0.25) is 5.91 Å². The fourth-order valence-corrected chi connectivity index (χ4v) is 3.29. The lowest BCUT2D eigenvalue weighted by atomic mass is 10.1. The Kier molecular flexibility index (Phi) is 6.58. The Bertz CT molecular complexity index is 1160. The Balaban J connectivity index is 1.30. The molecule has 3 aromatic rings. The van der Waals surface area contributed by atoms with Gasteiger partial charge >= 0.3 is 6.18 Å². The molecule has 0 saturated heterocycles. The van der Waals surface area contributed by atoms with Crippen molar-refractivity contribution in [3.8, 4) is 11.5 Å². The number of halogens is 3. The predicted octanol–water partition coefficient (Wildman–Crippen LogP) is 4.81. The molecule has 2 heterocycles. The van der Waals surface area contributed by atoms with Crippen molar-refractivity contribution in [1.29, 1.82) is 0 Å². The SMILES string of the molecule is O=C(CCc1ccc(Oc2ccnc(C3=NCCN3)c2)cc1)Nc1cccc(C(F)(F)F)c1. The third-order valence-electron chi connectivity index (χ3n) is 4.92. The zero-order valence-corrected chi connectivity index (χ0v) is 17.5. The third-order valence-corrected chi connectivity index (χ3v) is 4.92. The first-order chi connectivity index (χ1) is 15.9. The summed E-state index contributed by atoms with van der Waals surface area (Å²) in [4.78, 5) is 20.8. The van der Waals surface area contributed by atoms with Gasteiger partial charge in [0.05, 0.1) is 12.1 Å². The number of aliphatic imine (C=N–C) groups is 1. The first kappa shape index (κ1) is 22.3. The number of hydrogen-bond donors (Lipinski definition) is 2. The van der Waals surface area contributed by atoms with Crippen molar-refractivity contribution in [2.24, 2.45) is 4.99 Å². The van der Waals surface area contributed by atoms with Crippen LogP contribution in [-0.2, 0) is 17.4 Å². The van der Waals surface area contributed by atoms with Crippen LogP contribution in [0.4, 0.5) is 18.9 Å². The van der Waals surface area contributed by atoms with E-state index < -0.39 is 11.7 Å². The van der Waals surface area contributed by atoms with Crippen molar-refractivity contribution in [2.75, 3.05) is 18.4 Å². The lowest BCUT2D eigenvalue weighted by molar-refractivity contribution is -0.137. The molecule has 1 amide bonds. The van der Waals surface area contributed by atoms with Crippen LogP contribution in [0.3, 0.4) is 0 Å². The fraction of sp³-hybridized carbons (Fsp3) is 0.208. The van der Waals surface area contributed by atoms with E-state index in [0.29, 0.717) is 23.6 Å². The fourth-order valence-electron chi connectivity index (χ4n) is 3.29. The highest BCUT2D eigenvalue weighted by Gasteiger charge is 2.30. The number of carbonyl (C=O) groups is 1. The molecule has 9 heteroatoms. The van der Waals surface area contributed by atoms with Crippen LogP contribution in [0.15, 0.2) is 71.9 Å². The largest absolute Gasteiger partial charge is 0.457 e. The predicted molar refractivity (Wildman–Crippen MR) is 119 cm³/mol. The highest BCUT2D eigenvalue weighted by atomic mass is 19.4. The number of pyridine rings is 1. The minimum absolute atomic E-state index is 0.120. The second kappa shape index (κ2) is 9.72. The van der Waals surface area contributed by atoms with E-state index in [2.05, 4.69) is 20.6 Å². The van der Waals surface area contributed by atoms with Crippen molar-refractivity contribution in [3.63, 3.8) is 0 Å². The summed E-state index contributed by atoms with van der Waals surface area (Å²) >= 11 is 0. The third kappa shape index (κ3) is 6.09. The first-order valence-electron chi connectivity index (χ1n) is 10.4. The molecule has 2 aromatic carbocycles. The second-order valence-corrected chi connectivity index (χ2v) is 7.41. The van der Waals surface area contributed by atoms with Crippen molar-refractivity contribution >= 4 is 17.4 Å². The lowest BCUT2D eigenvalue weighted by Gasteiger charge is -2.10. The molecule has 0 bridgehead atoms. The van der Waals surface area contributed by atoms with Gasteiger partial charge in [-0.2, -0.15) is 13.2 Å². The molecule has 0 radical (unpaired) electrons. The van der Waals surface area contributed by atoms with Gasteiger partial charge in [0.25, 0.3) is 0 Å². The van der Waals surface area contributed by atoms with Gasteiger partial charge in [-0.25, -0.2) is 0 Å². The van der Waals surface area contributed by atoms with Gasteiger partial charge in [-0.3, -0.25) is 14.8 Å². The van der Waals surface area contributed by atoms with E-state index in [1.807, 2.05) is 18.2 Å². The number of hydrogen-bond acceptors (Lipinski definition) is 5. The highest BCUT2D eigenvalue weighted by molar-refractivity contribution is 5.98. The number of amidine groups is 1. The molecule has 1 aromatic heterocycles. The standard InChI is InChI=1S/C24H21F3N4O2/c25-24(26,27)17-2-1-3-18(14-17)31-22(32)9-6-16-4-7-19(8-5-16)33-20-10-11-28-21(15-20)23-29-12-13-30-23/h1-5,7-8,10-11,14-15H,6,9,12-13H2,(H,29,30)(H,31,32). The zero-order chi connectivity index (χ0) is 23.3. The van der Waals surface area contributed by atoms with Crippen LogP contribution in [0.1, 0.15) is 23.2 Å². The van der Waals surface area contributed by atoms with E-state index in [4.69, 9.17) is 4.74 Å². The molecule has 4 rings (SSSR count). The van der Waals surface area contributed by atoms with Crippen LogP contribution in [0.5, 0.6) is 11.5 Å². The Morgan fingerprint density at radius 1 is 1.06 bits per heavy atom. The Labute approximate surface area is 188 Å². The number of carbonyl (C=O) groups excluding carboxylic acids is 1. The van der Waals surface area contributed by atoms with Crippen LogP contribution >= 0.6 is 0 Å². The topological polar surface area (TPSA) is 75.6 Å². The number of alkyl halides is 3. The summed E-state index contributed by atoms with van der Waals surface area (Å²) in [7, 11) is 0. The molecule has 0 saturated carbocycles. The molecular weight excluding hydrogens is 433 g/mol. The minimum atomic E-state index is -4.45. The van der Waals surface area contributed by atoms with Crippen molar-refractivity contribution in [1.82, 2.24) is 10.3 Å². The average Bonchev–Trinajstić information content (AvgIpc) is 3.34. The van der Waals surface area contributed by atoms with Crippen LogP contribution in [-0.4, -0.2) is 29.8 Å². The number of anilines is 1. The molecule has 170 valence electrons. The monoisotopic (exact) mass is 454 g/mol. The van der Waals surface area contributed by atoms with Gasteiger partial charge in [0.1, 0.15) is 23.0 Å². The van der Waals surface area contributed by atoms with Gasteiger partial charge in [-0.1, -0.05) is 18.2 Å². The average molecular weight is 454 g/mol. The number of nitrogens with one attached hydrogen (secondary N) is 2. The van der Waals surface area contributed by atoms with E-state index in [1.54, 1.807) is 24.4 Å². The number of benzene rings is 2. The second-order valence-electron chi connectivity index (χ2n) is 7.41. The maximum Gasteiger partial charge on any atom is 0.416 e. The lowest BCUT2D eigenvalue weighted by Crippen LogP contribution is -2.20. The summed E-state index contributed by atoms with van der Waals surface area (Å²) in [5.41, 5.74) is 0.939. The Morgan fingerprint density at radius 2 is 1.88 bits per heavy atom. The number of nitrogens with zero attached hydrogens (tertiary/aromatic N) is 2. The molecule has 0 fully saturated rings. The van der Waals surface area contributed by atoms with E-state index in [-0.39, 0.29) is 18.0 Å². The van der Waals surface area contributed by atoms with Gasteiger partial charge in [0, 0.05) is 30.9 Å². The van der Waals surface area contributed by atoms with Gasteiger partial charge in [0.15, 0.2) is 0 Å². The maximum absolute atomic E-state index is 12.8. The van der Waals surface area contributed by atoms with E-state index in [1.165, 1.54) is 12.1 Å². The Hall–Kier alpha value is -3.88. The number of aryl methyl sites for hydroxylation is 1. The summed E-state index contributed by atoms with van der Waals surface area (Å²) in [5.74, 6) is 1.65. The summed E-state index contributed by atoms with van der Waals surface area (Å²) in [6, 6.07) is 15.4. The summed E-state index contributed by atoms with van der Waals surface area (Å²) in [6.45, 7) is 1.52. The number of ether oxygens (including phenoxy) is 1. The summed E-state index contributed by atoms with van der Waals surface area (Å²) < 4.78 is 44.3. The number of rotatable bonds is 7. The smallest absolute Gasteiger partial charge is 0.416 e. The molecule has 33 heavy (non-hydrogen) atoms. The normalized spacial score (nSPS) is 13.2. The molecular formula is C24H21F3N4O2. The quantitative estimate of drug-likeness (QED) is 0.537. The maximum atomic E-state index is 12.8. The summed E-state index contributed by atoms with van der Waals surface area (Å²) in [6.07, 6.45) is -2.22. The van der Waals surface area contributed by atoms with Crippen LogP contribution in [0, 0.1) is 0 Å². The number of aromatic nitrogens is 1. The highest BCUT2D eigenvalue weighted by Crippen LogP contribution is 2.30. The zero-order valence-electron chi connectivity index (χ0n) is 17.5. The molecule has 2 N–H and O–H groups in total. The molecule has 0 spiro atoms. The van der Waals surface area contributed by atoms with E-state index in [0.717, 1.165) is 36.6 Å². The van der Waals surface area contributed by atoms with E-state index in [9.17, 15) is 18.0 Å². The van der Waals surface area contributed by atoms with Crippen LogP contribution in [0.2, 0.25) is 0 Å². The summed E-state index contributed by atoms with van der Waals surface area (Å²) in [5, 5.41) is 5.68. The van der Waals surface area contributed by atoms with Crippen LogP contribution < -0.4 is 15.4 Å². The van der Waals surface area contributed by atoms with Crippen molar-refractivity contribution < 1.29 is 22.7 Å². The first-order valence-corrected chi connectivity index (χ1v) is 10.4. The van der Waals surface area contributed by atoms with E-state index >= 15 is 0 Å². The van der Waals surface area contributed by atoms with Crippen molar-refractivity contribution in [2.45, 2.75) is 19.0 Å². The molecule has 0 aliphatic carbocycles. The van der Waals surface area contributed by atoms with Gasteiger partial charge < -0.3 is 15.4 Å². The number of amides is 1. The van der Waals surface area contributed by atoms with Gasteiger partial charge in [-0.15, -0.1) is 0 Å². The van der Waals surface area contributed by atoms with Gasteiger partial charge in [-0.05, 0) is 48.4 Å². The van der Waals surface area contributed by atoms with Crippen LogP contribution in [0.25, 0.3) is 0 Å². The molecule has 0 unspecified atom stereocenters. The molecule has 1 aliphatic heterocycles. The minimum Gasteiger partial charge on any atom is -0.457 e.